The van der Waals surface area contributed by atoms with Crippen LogP contribution in [-0.4, -0.2) is 42.1 Å². The van der Waals surface area contributed by atoms with Gasteiger partial charge in [0, 0.05) is 31.2 Å². The summed E-state index contributed by atoms with van der Waals surface area (Å²) in [5.41, 5.74) is 7.61. The van der Waals surface area contributed by atoms with Crippen LogP contribution in [-0.2, 0) is 0 Å². The van der Waals surface area contributed by atoms with Crippen molar-refractivity contribution < 1.29 is 0 Å². The minimum atomic E-state index is 0.399. The number of fused-ring (bicyclic) bond motifs is 1. The first-order valence-electron chi connectivity index (χ1n) is 7.23. The molecule has 2 saturated heterocycles. The van der Waals surface area contributed by atoms with Gasteiger partial charge in [0.05, 0.1) is 10.7 Å². The number of hydrogen-bond donors (Lipinski definition) is 1. The first-order chi connectivity index (χ1) is 9.65. The molecule has 1 atom stereocenters. The predicted octanol–water partition coefficient (Wildman–Crippen LogP) is 2.65. The van der Waals surface area contributed by atoms with Crippen LogP contribution in [0, 0.1) is 0 Å². The number of hydrogen-bond acceptors (Lipinski definition) is 3. The Morgan fingerprint density at radius 3 is 2.80 bits per heavy atom. The quantitative estimate of drug-likeness (QED) is 0.851. The van der Waals surface area contributed by atoms with Crippen LogP contribution < -0.4 is 10.6 Å². The van der Waals surface area contributed by atoms with Crippen molar-refractivity contribution in [2.45, 2.75) is 25.3 Å². The number of nitrogens with zero attached hydrogens (tertiary/aromatic N) is 2. The molecule has 2 N–H and O–H groups in total. The van der Waals surface area contributed by atoms with E-state index in [-0.39, 0.29) is 0 Å². The number of halogens is 1. The van der Waals surface area contributed by atoms with Crippen molar-refractivity contribution in [3.63, 3.8) is 0 Å². The molecule has 0 aliphatic carbocycles. The van der Waals surface area contributed by atoms with Gasteiger partial charge in [-0.3, -0.25) is 4.90 Å². The van der Waals surface area contributed by atoms with Gasteiger partial charge in [-0.1, -0.05) is 23.8 Å². The monoisotopic (exact) mass is 309 g/mol. The fourth-order valence-electron chi connectivity index (χ4n) is 3.34. The van der Waals surface area contributed by atoms with Crippen molar-refractivity contribution in [1.29, 1.82) is 0 Å². The zero-order valence-corrected chi connectivity index (χ0v) is 13.1. The molecule has 0 saturated carbocycles. The average Bonchev–Trinajstić information content (AvgIpc) is 2.76. The van der Waals surface area contributed by atoms with Gasteiger partial charge in [0.2, 0.25) is 0 Å². The molecule has 0 spiro atoms. The normalized spacial score (nSPS) is 23.4. The van der Waals surface area contributed by atoms with Crippen molar-refractivity contribution >= 4 is 34.5 Å². The molecule has 3 rings (SSSR count). The van der Waals surface area contributed by atoms with Crippen LogP contribution in [0.25, 0.3) is 0 Å². The van der Waals surface area contributed by atoms with Gasteiger partial charge in [-0.25, -0.2) is 0 Å². The molecule has 1 unspecified atom stereocenters. The van der Waals surface area contributed by atoms with E-state index in [0.29, 0.717) is 11.0 Å². The molecule has 0 amide bonds. The summed E-state index contributed by atoms with van der Waals surface area (Å²) in [6.07, 6.45) is 3.83. The maximum absolute atomic E-state index is 6.43. The third kappa shape index (κ3) is 2.78. The van der Waals surface area contributed by atoms with Crippen molar-refractivity contribution in [3.05, 3.63) is 28.8 Å². The minimum absolute atomic E-state index is 0.399. The highest BCUT2D eigenvalue weighted by atomic mass is 35.5. The Labute approximate surface area is 130 Å². The van der Waals surface area contributed by atoms with E-state index in [9.17, 15) is 0 Å². The molecule has 0 bridgehead atoms. The molecule has 1 aromatic carbocycles. The summed E-state index contributed by atoms with van der Waals surface area (Å²) in [5.74, 6) is 0. The molecule has 20 heavy (non-hydrogen) atoms. The summed E-state index contributed by atoms with van der Waals surface area (Å²) < 4.78 is 0. The summed E-state index contributed by atoms with van der Waals surface area (Å²) in [5, 5.41) is 0.752. The molecule has 2 heterocycles. The summed E-state index contributed by atoms with van der Waals surface area (Å²) in [4.78, 5) is 5.44. The minimum Gasteiger partial charge on any atom is -0.389 e. The largest absolute Gasteiger partial charge is 0.389 e. The molecular formula is C15H20ClN3S. The Kier molecular flexibility index (Phi) is 4.15. The van der Waals surface area contributed by atoms with E-state index in [1.807, 2.05) is 12.1 Å². The smallest absolute Gasteiger partial charge is 0.104 e. The van der Waals surface area contributed by atoms with Gasteiger partial charge >= 0.3 is 0 Å². The van der Waals surface area contributed by atoms with Gasteiger partial charge < -0.3 is 10.6 Å². The van der Waals surface area contributed by atoms with Crippen molar-refractivity contribution in [2.75, 3.05) is 31.1 Å². The lowest BCUT2D eigenvalue weighted by molar-refractivity contribution is 0.273. The lowest BCUT2D eigenvalue weighted by atomic mass is 10.1. The fraction of sp³-hybridized carbons (Fsp3) is 0.533. The van der Waals surface area contributed by atoms with Crippen LogP contribution >= 0.6 is 23.8 Å². The van der Waals surface area contributed by atoms with E-state index < -0.39 is 0 Å². The third-order valence-corrected chi connectivity index (χ3v) is 4.91. The molecule has 3 nitrogen and oxygen atoms in total. The highest BCUT2D eigenvalue weighted by molar-refractivity contribution is 7.80. The lowest BCUT2D eigenvalue weighted by Gasteiger charge is -2.28. The topological polar surface area (TPSA) is 32.5 Å². The summed E-state index contributed by atoms with van der Waals surface area (Å²) in [6.45, 7) is 4.61. The molecule has 5 heteroatoms. The van der Waals surface area contributed by atoms with Crippen LogP contribution in [0.15, 0.2) is 18.2 Å². The zero-order valence-electron chi connectivity index (χ0n) is 11.5. The Balaban J connectivity index is 1.82. The number of benzene rings is 1. The molecule has 2 aliphatic rings. The molecule has 2 aliphatic heterocycles. The molecule has 2 fully saturated rings. The second-order valence-electron chi connectivity index (χ2n) is 5.66. The average molecular weight is 310 g/mol. The van der Waals surface area contributed by atoms with Crippen LogP contribution in [0.4, 0.5) is 5.69 Å². The van der Waals surface area contributed by atoms with Crippen LogP contribution in [0.5, 0.6) is 0 Å². The van der Waals surface area contributed by atoms with Gasteiger partial charge in [0.25, 0.3) is 0 Å². The third-order valence-electron chi connectivity index (χ3n) is 4.38. The summed E-state index contributed by atoms with van der Waals surface area (Å²) in [7, 11) is 0. The molecule has 108 valence electrons. The van der Waals surface area contributed by atoms with Gasteiger partial charge in [-0.15, -0.1) is 0 Å². The fourth-order valence-corrected chi connectivity index (χ4v) is 3.77. The van der Waals surface area contributed by atoms with Gasteiger partial charge in [-0.05, 0) is 44.0 Å². The number of rotatable bonds is 2. The van der Waals surface area contributed by atoms with Crippen LogP contribution in [0.2, 0.25) is 5.02 Å². The van der Waals surface area contributed by atoms with Crippen molar-refractivity contribution in [1.82, 2.24) is 4.90 Å². The van der Waals surface area contributed by atoms with Gasteiger partial charge in [-0.2, -0.15) is 0 Å². The van der Waals surface area contributed by atoms with E-state index in [0.717, 1.165) is 29.4 Å². The SMILES string of the molecule is NC(=S)c1ccc(N2CCCN3CCCC3C2)c(Cl)c1. The number of anilines is 1. The van der Waals surface area contributed by atoms with E-state index in [1.165, 1.54) is 32.4 Å². The molecule has 0 radical (unpaired) electrons. The van der Waals surface area contributed by atoms with Gasteiger partial charge in [0.15, 0.2) is 0 Å². The Hall–Kier alpha value is -0.840. The second kappa shape index (κ2) is 5.88. The standard InChI is InChI=1S/C15H20ClN3S/c16-13-9-11(15(17)20)4-5-14(13)19-8-2-7-18-6-1-3-12(18)10-19/h4-5,9,12H,1-3,6-8,10H2,(H2,17,20). The Morgan fingerprint density at radius 2 is 2.05 bits per heavy atom. The van der Waals surface area contributed by atoms with E-state index in [4.69, 9.17) is 29.6 Å². The first kappa shape index (κ1) is 14.1. The van der Waals surface area contributed by atoms with E-state index in [2.05, 4.69) is 15.9 Å². The maximum atomic E-state index is 6.43. The zero-order chi connectivity index (χ0) is 14.1. The highest BCUT2D eigenvalue weighted by Gasteiger charge is 2.29. The van der Waals surface area contributed by atoms with Crippen molar-refractivity contribution in [2.24, 2.45) is 5.73 Å². The van der Waals surface area contributed by atoms with Crippen LogP contribution in [0.3, 0.4) is 0 Å². The maximum Gasteiger partial charge on any atom is 0.104 e. The van der Waals surface area contributed by atoms with Crippen LogP contribution in [0.1, 0.15) is 24.8 Å². The molecule has 1 aromatic rings. The van der Waals surface area contributed by atoms with E-state index >= 15 is 0 Å². The Bertz CT molecular complexity index is 520. The van der Waals surface area contributed by atoms with Gasteiger partial charge in [0.1, 0.15) is 4.99 Å². The number of thiocarbonyl (C=S) groups is 1. The summed E-state index contributed by atoms with van der Waals surface area (Å²) in [6, 6.07) is 6.60. The Morgan fingerprint density at radius 1 is 1.25 bits per heavy atom. The second-order valence-corrected chi connectivity index (χ2v) is 6.51. The highest BCUT2D eigenvalue weighted by Crippen LogP contribution is 2.30. The van der Waals surface area contributed by atoms with E-state index in [1.54, 1.807) is 0 Å². The molecule has 0 aromatic heterocycles. The lowest BCUT2D eigenvalue weighted by Crippen LogP contribution is -2.36. The molecular weight excluding hydrogens is 290 g/mol. The predicted molar refractivity (Wildman–Crippen MR) is 88.8 cm³/mol. The first-order valence-corrected chi connectivity index (χ1v) is 8.02. The summed E-state index contributed by atoms with van der Waals surface area (Å²) >= 11 is 11.4. The number of nitrogens with two attached hydrogens (primary N) is 1. The van der Waals surface area contributed by atoms with Crippen molar-refractivity contribution in [3.8, 4) is 0 Å².